The molecule has 1 saturated heterocycles. The van der Waals surface area contributed by atoms with E-state index in [4.69, 9.17) is 0 Å². The Morgan fingerprint density at radius 3 is 2.76 bits per heavy atom. The lowest BCUT2D eigenvalue weighted by Crippen LogP contribution is -2.44. The second kappa shape index (κ2) is 5.32. The van der Waals surface area contributed by atoms with Crippen LogP contribution in [-0.4, -0.2) is 27.5 Å². The van der Waals surface area contributed by atoms with Crippen LogP contribution in [0.5, 0.6) is 0 Å². The van der Waals surface area contributed by atoms with Crippen molar-refractivity contribution in [2.24, 2.45) is 13.0 Å². The van der Waals surface area contributed by atoms with E-state index in [1.165, 1.54) is 19.3 Å². The van der Waals surface area contributed by atoms with Gasteiger partial charge in [0.15, 0.2) is 5.43 Å². The van der Waals surface area contributed by atoms with Gasteiger partial charge in [-0.15, -0.1) is 0 Å². The van der Waals surface area contributed by atoms with Gasteiger partial charge in [-0.3, -0.25) is 9.59 Å². The first-order chi connectivity index (χ1) is 9.99. The van der Waals surface area contributed by atoms with Crippen molar-refractivity contribution in [1.29, 1.82) is 0 Å². The third-order valence-corrected chi connectivity index (χ3v) is 5.29. The minimum Gasteiger partial charge on any atom is -0.354 e. The quantitative estimate of drug-likeness (QED) is 0.796. The lowest BCUT2D eigenvalue weighted by molar-refractivity contribution is 0.0631. The molecule has 0 N–H and O–H groups in total. The summed E-state index contributed by atoms with van der Waals surface area (Å²) in [5.74, 6) is 0.560. The van der Waals surface area contributed by atoms with E-state index in [1.54, 1.807) is 12.3 Å². The first kappa shape index (κ1) is 14.4. The van der Waals surface area contributed by atoms with Crippen LogP contribution in [0.4, 0.5) is 0 Å². The molecule has 1 aliphatic heterocycles. The lowest BCUT2D eigenvalue weighted by atomic mass is 9.85. The van der Waals surface area contributed by atoms with E-state index >= 15 is 0 Å². The first-order valence-electron chi connectivity index (χ1n) is 7.99. The zero-order valence-corrected chi connectivity index (χ0v) is 13.1. The maximum absolute atomic E-state index is 12.9. The molecule has 1 amide bonds. The van der Waals surface area contributed by atoms with Crippen molar-refractivity contribution in [1.82, 2.24) is 9.47 Å². The number of fused-ring (bicyclic) bond motifs is 1. The van der Waals surface area contributed by atoms with E-state index < -0.39 is 0 Å². The summed E-state index contributed by atoms with van der Waals surface area (Å²) in [7, 11) is 1.88. The number of nitrogens with zero attached hydrogens (tertiary/aromatic N) is 2. The van der Waals surface area contributed by atoms with Crippen molar-refractivity contribution in [3.8, 4) is 0 Å². The highest BCUT2D eigenvalue weighted by atomic mass is 16.2. The third kappa shape index (κ3) is 2.41. The molecule has 0 radical (unpaired) electrons. The predicted octanol–water partition coefficient (Wildman–Crippen LogP) is 2.49. The molecule has 4 heteroatoms. The molecule has 0 unspecified atom stereocenters. The topological polar surface area (TPSA) is 42.3 Å². The Hall–Kier alpha value is -1.58. The summed E-state index contributed by atoms with van der Waals surface area (Å²) in [5.41, 5.74) is 1.05. The molecule has 0 spiro atoms. The van der Waals surface area contributed by atoms with Crippen LogP contribution < -0.4 is 5.43 Å². The third-order valence-electron chi connectivity index (χ3n) is 5.29. The fourth-order valence-electron chi connectivity index (χ4n) is 4.09. The zero-order chi connectivity index (χ0) is 15.1. The molecular formula is C17H24N2O2. The Bertz CT molecular complexity index is 620. The molecule has 114 valence electrons. The van der Waals surface area contributed by atoms with Crippen LogP contribution in [0, 0.1) is 12.8 Å². The molecule has 0 bridgehead atoms. The van der Waals surface area contributed by atoms with Gasteiger partial charge in [-0.1, -0.05) is 12.8 Å². The number of pyridine rings is 1. The van der Waals surface area contributed by atoms with Crippen LogP contribution in [0.15, 0.2) is 17.1 Å². The Morgan fingerprint density at radius 2 is 2.00 bits per heavy atom. The van der Waals surface area contributed by atoms with Gasteiger partial charge in [0.05, 0.1) is 0 Å². The number of carbonyl (C=O) groups excluding carboxylic acids is 1. The fourth-order valence-corrected chi connectivity index (χ4v) is 4.09. The Labute approximate surface area is 125 Å². The van der Waals surface area contributed by atoms with E-state index in [1.807, 2.05) is 23.4 Å². The van der Waals surface area contributed by atoms with Crippen molar-refractivity contribution in [2.45, 2.75) is 58.0 Å². The fraction of sp³-hybridized carbons (Fsp3) is 0.647. The van der Waals surface area contributed by atoms with Crippen LogP contribution in [0.2, 0.25) is 0 Å². The molecule has 1 aromatic rings. The number of rotatable bonds is 1. The summed E-state index contributed by atoms with van der Waals surface area (Å²) in [5, 5.41) is 0. The number of aryl methyl sites for hydroxylation is 2. The molecule has 0 aromatic carbocycles. The Balaban J connectivity index is 1.94. The van der Waals surface area contributed by atoms with Gasteiger partial charge in [0, 0.05) is 37.1 Å². The zero-order valence-electron chi connectivity index (χ0n) is 13.1. The van der Waals surface area contributed by atoms with Crippen LogP contribution in [0.3, 0.4) is 0 Å². The van der Waals surface area contributed by atoms with Crippen LogP contribution in [0.25, 0.3) is 0 Å². The highest BCUT2D eigenvalue weighted by molar-refractivity contribution is 5.94. The van der Waals surface area contributed by atoms with Gasteiger partial charge < -0.3 is 9.47 Å². The highest BCUT2D eigenvalue weighted by Crippen LogP contribution is 2.40. The van der Waals surface area contributed by atoms with Gasteiger partial charge in [0.2, 0.25) is 0 Å². The number of aromatic nitrogens is 1. The van der Waals surface area contributed by atoms with E-state index in [0.717, 1.165) is 18.5 Å². The second-order valence-corrected chi connectivity index (χ2v) is 6.71. The second-order valence-electron chi connectivity index (χ2n) is 6.71. The Kier molecular flexibility index (Phi) is 3.64. The molecule has 2 heterocycles. The lowest BCUT2D eigenvalue weighted by Gasteiger charge is -2.33. The number of amides is 1. The average molecular weight is 288 g/mol. The molecule has 1 saturated carbocycles. The highest BCUT2D eigenvalue weighted by Gasteiger charge is 2.43. The Morgan fingerprint density at radius 1 is 1.29 bits per heavy atom. The van der Waals surface area contributed by atoms with Crippen molar-refractivity contribution >= 4 is 5.91 Å². The number of hydrogen-bond acceptors (Lipinski definition) is 2. The molecule has 1 aliphatic carbocycles. The van der Waals surface area contributed by atoms with E-state index in [2.05, 4.69) is 6.92 Å². The minimum absolute atomic E-state index is 0.0718. The summed E-state index contributed by atoms with van der Waals surface area (Å²) >= 11 is 0. The summed E-state index contributed by atoms with van der Waals surface area (Å²) in [6.45, 7) is 4.00. The molecule has 2 fully saturated rings. The molecule has 2 aliphatic rings. The number of carbonyl (C=O) groups is 1. The van der Waals surface area contributed by atoms with E-state index in [-0.39, 0.29) is 17.4 Å². The largest absolute Gasteiger partial charge is 0.354 e. The molecule has 21 heavy (non-hydrogen) atoms. The van der Waals surface area contributed by atoms with Crippen molar-refractivity contribution < 1.29 is 4.79 Å². The van der Waals surface area contributed by atoms with Crippen LogP contribution in [-0.2, 0) is 7.05 Å². The average Bonchev–Trinajstić information content (AvgIpc) is 2.78. The van der Waals surface area contributed by atoms with E-state index in [0.29, 0.717) is 17.5 Å². The van der Waals surface area contributed by atoms with Gasteiger partial charge >= 0.3 is 0 Å². The molecular weight excluding hydrogens is 264 g/mol. The predicted molar refractivity (Wildman–Crippen MR) is 82.4 cm³/mol. The van der Waals surface area contributed by atoms with Crippen molar-refractivity contribution in [2.75, 3.05) is 0 Å². The van der Waals surface area contributed by atoms with Gasteiger partial charge in [-0.05, 0) is 39.0 Å². The first-order valence-corrected chi connectivity index (χ1v) is 7.99. The summed E-state index contributed by atoms with van der Waals surface area (Å²) in [4.78, 5) is 27.1. The van der Waals surface area contributed by atoms with Crippen LogP contribution >= 0.6 is 0 Å². The van der Waals surface area contributed by atoms with Gasteiger partial charge in [0.1, 0.15) is 5.56 Å². The van der Waals surface area contributed by atoms with E-state index in [9.17, 15) is 9.59 Å². The maximum Gasteiger partial charge on any atom is 0.259 e. The van der Waals surface area contributed by atoms with Gasteiger partial charge in [-0.2, -0.15) is 0 Å². The minimum atomic E-state index is -0.151. The van der Waals surface area contributed by atoms with Crippen LogP contribution in [0.1, 0.15) is 55.1 Å². The van der Waals surface area contributed by atoms with Crippen molar-refractivity contribution in [3.63, 3.8) is 0 Å². The smallest absolute Gasteiger partial charge is 0.259 e. The SMILES string of the molecule is Cc1cc(=O)c(C(=O)N2[C@H](C)C[C@H]3CCCC[C@@H]32)cn1C. The monoisotopic (exact) mass is 288 g/mol. The molecule has 1 aromatic heterocycles. The molecule has 3 rings (SSSR count). The summed E-state index contributed by atoms with van der Waals surface area (Å²) in [6, 6.07) is 2.15. The normalized spacial score (nSPS) is 28.5. The summed E-state index contributed by atoms with van der Waals surface area (Å²) < 4.78 is 1.85. The standard InChI is InChI=1S/C17H24N2O2/c1-11-9-16(20)14(10-18(11)3)17(21)19-12(2)8-13-6-4-5-7-15(13)19/h9-10,12-13,15H,4-8H2,1-3H3/t12-,13-,15+/m1/s1. The molecule has 4 nitrogen and oxygen atoms in total. The molecule has 3 atom stereocenters. The van der Waals surface area contributed by atoms with Crippen molar-refractivity contribution in [3.05, 3.63) is 33.7 Å². The summed E-state index contributed by atoms with van der Waals surface area (Å²) in [6.07, 6.45) is 7.58. The number of hydrogen-bond donors (Lipinski definition) is 0. The maximum atomic E-state index is 12.9. The van der Waals surface area contributed by atoms with Gasteiger partial charge in [-0.25, -0.2) is 0 Å². The van der Waals surface area contributed by atoms with Gasteiger partial charge in [0.25, 0.3) is 5.91 Å². The number of likely N-dealkylation sites (tertiary alicyclic amines) is 1.